The molecule has 0 aliphatic carbocycles. The van der Waals surface area contributed by atoms with E-state index in [2.05, 4.69) is 103 Å². The predicted molar refractivity (Wildman–Crippen MR) is 311 cm³/mol. The molecule has 77 heavy (non-hydrogen) atoms. The third-order valence-electron chi connectivity index (χ3n) is 14.6. The zero-order valence-corrected chi connectivity index (χ0v) is 43.9. The van der Waals surface area contributed by atoms with Gasteiger partial charge in [-0.2, -0.15) is 12.1 Å². The maximum Gasteiger partial charge on any atom is 0.268 e. The van der Waals surface area contributed by atoms with Crippen LogP contribution >= 0.6 is 0 Å². The van der Waals surface area contributed by atoms with Crippen molar-refractivity contribution in [2.45, 2.75) is 26.2 Å². The third kappa shape index (κ3) is 7.34. The van der Waals surface area contributed by atoms with Crippen molar-refractivity contribution in [3.05, 3.63) is 254 Å². The van der Waals surface area contributed by atoms with Crippen LogP contribution in [0.15, 0.2) is 230 Å². The van der Waals surface area contributed by atoms with Gasteiger partial charge in [0.2, 0.25) is 0 Å². The Labute approximate surface area is 473 Å². The molecule has 15 rings (SSSR count). The molecule has 5 heterocycles. The SMILES string of the molecule is [2H]c1c([2H])c([2H])c(-c2cccc(-c3c([2H])c([2H])c([2H])c([2H])c3[2H])c2-[n+]2[c-]n3c4[c-]c(Oc5[c-]c6c(cc5)c5ccccc5n6-c5cc(C(C)(C)C)ccn5)ccc4c4cccc5c6ccccc6n(c6ccccc6c6cccc2c63)c45)c([2H])c1[2H].[Pt]. The van der Waals surface area contributed by atoms with Crippen LogP contribution in [0.5, 0.6) is 11.5 Å². The summed E-state index contributed by atoms with van der Waals surface area (Å²) in [6.45, 7) is 6.53. The molecule has 370 valence electrons. The molecule has 0 atom stereocenters. The summed E-state index contributed by atoms with van der Waals surface area (Å²) in [6.07, 6.45) is 5.54. The summed E-state index contributed by atoms with van der Waals surface area (Å²) in [5, 5.41) is 7.25. The summed E-state index contributed by atoms with van der Waals surface area (Å²) in [6, 6.07) is 55.6. The van der Waals surface area contributed by atoms with Gasteiger partial charge in [0.1, 0.15) is 5.82 Å². The maximum atomic E-state index is 9.37. The number of pyridine rings is 1. The van der Waals surface area contributed by atoms with Crippen LogP contribution < -0.4 is 9.30 Å². The molecule has 0 N–H and O–H groups in total. The van der Waals surface area contributed by atoms with Crippen molar-refractivity contribution in [2.75, 3.05) is 0 Å². The summed E-state index contributed by atoms with van der Waals surface area (Å²) in [7, 11) is 0. The number of aromatic nitrogens is 5. The Balaban J connectivity index is 0.00000667. The average Bonchev–Trinajstić information content (AvgIpc) is 1.66. The number of imidazole rings is 1. The fourth-order valence-electron chi connectivity index (χ4n) is 11.3. The number of nitrogens with zero attached hydrogens (tertiary/aromatic N) is 5. The van der Waals surface area contributed by atoms with Crippen molar-refractivity contribution < 1.29 is 44.1 Å². The van der Waals surface area contributed by atoms with Gasteiger partial charge in [-0.25, -0.2) is 4.98 Å². The van der Waals surface area contributed by atoms with E-state index in [4.69, 9.17) is 17.9 Å². The number of hydrogen-bond acceptors (Lipinski definition) is 2. The van der Waals surface area contributed by atoms with E-state index in [1.54, 1.807) is 22.8 Å². The first-order valence-corrected chi connectivity index (χ1v) is 25.1. The van der Waals surface area contributed by atoms with Gasteiger partial charge >= 0.3 is 0 Å². The summed E-state index contributed by atoms with van der Waals surface area (Å²) in [5.41, 5.74) is 7.19. The minimum absolute atomic E-state index is 0. The molecule has 0 bridgehead atoms. The predicted octanol–water partition coefficient (Wildman–Crippen LogP) is 17.1. The molecule has 0 amide bonds. The molecule has 0 radical (unpaired) electrons. The maximum absolute atomic E-state index is 9.37. The minimum atomic E-state index is -0.585. The monoisotopic (exact) mass is 1180 g/mol. The van der Waals surface area contributed by atoms with Gasteiger partial charge in [0.25, 0.3) is 6.33 Å². The van der Waals surface area contributed by atoms with Crippen LogP contribution in [0.25, 0.3) is 121 Å². The molecule has 7 heteroatoms. The molecular formula is C70H47N5OPt-2. The molecule has 15 aromatic rings. The van der Waals surface area contributed by atoms with Crippen molar-refractivity contribution in [1.29, 1.82) is 0 Å². The van der Waals surface area contributed by atoms with Gasteiger partial charge in [-0.3, -0.25) is 4.57 Å². The van der Waals surface area contributed by atoms with Crippen LogP contribution in [-0.4, -0.2) is 18.4 Å². The summed E-state index contributed by atoms with van der Waals surface area (Å²) >= 11 is 0. The van der Waals surface area contributed by atoms with E-state index in [1.165, 1.54) is 0 Å². The smallest absolute Gasteiger partial charge is 0.268 e. The van der Waals surface area contributed by atoms with Crippen LogP contribution in [0.4, 0.5) is 0 Å². The van der Waals surface area contributed by atoms with Gasteiger partial charge in [0, 0.05) is 66.0 Å². The fraction of sp³-hybridized carbons (Fsp3) is 0.0571. The van der Waals surface area contributed by atoms with Gasteiger partial charge in [0.05, 0.1) is 41.5 Å². The quantitative estimate of drug-likeness (QED) is 0.123. The van der Waals surface area contributed by atoms with Crippen LogP contribution in [0.1, 0.15) is 40.0 Å². The van der Waals surface area contributed by atoms with Crippen LogP contribution in [0.2, 0.25) is 0 Å². The minimum Gasteiger partial charge on any atom is -0.510 e. The average molecular weight is 1180 g/mol. The molecule has 0 aliphatic heterocycles. The van der Waals surface area contributed by atoms with Crippen LogP contribution in [0.3, 0.4) is 0 Å². The largest absolute Gasteiger partial charge is 0.510 e. The Morgan fingerprint density at radius 3 is 1.64 bits per heavy atom. The number of benzene rings is 10. The van der Waals surface area contributed by atoms with E-state index in [0.29, 0.717) is 28.0 Å². The summed E-state index contributed by atoms with van der Waals surface area (Å²) in [4.78, 5) is 4.89. The van der Waals surface area contributed by atoms with Crippen LogP contribution in [0, 0.1) is 18.5 Å². The number of para-hydroxylation sites is 6. The second kappa shape index (κ2) is 18.0. The zero-order chi connectivity index (χ0) is 59.4. The van der Waals surface area contributed by atoms with Gasteiger partial charge < -0.3 is 18.1 Å². The third-order valence-corrected chi connectivity index (χ3v) is 14.6. The second-order valence-corrected chi connectivity index (χ2v) is 20.0. The van der Waals surface area contributed by atoms with Gasteiger partial charge in [-0.05, 0) is 79.9 Å². The first-order valence-electron chi connectivity index (χ1n) is 30.1. The Kier molecular flexibility index (Phi) is 8.62. The van der Waals surface area contributed by atoms with E-state index < -0.39 is 60.4 Å². The first-order chi connectivity index (χ1) is 41.5. The molecule has 10 aromatic carbocycles. The van der Waals surface area contributed by atoms with Gasteiger partial charge in [-0.15, -0.1) is 35.0 Å². The first kappa shape index (κ1) is 36.8. The van der Waals surface area contributed by atoms with E-state index in [-0.39, 0.29) is 54.4 Å². The molecule has 6 nitrogen and oxygen atoms in total. The molecule has 0 saturated carbocycles. The Hall–Kier alpha value is -9.09. The van der Waals surface area contributed by atoms with Crippen molar-refractivity contribution in [1.82, 2.24) is 18.4 Å². The molecule has 0 spiro atoms. The van der Waals surface area contributed by atoms with Crippen molar-refractivity contribution >= 4 is 87.2 Å². The van der Waals surface area contributed by atoms with Crippen molar-refractivity contribution in [3.63, 3.8) is 0 Å². The van der Waals surface area contributed by atoms with Gasteiger partial charge in [0.15, 0.2) is 0 Å². The van der Waals surface area contributed by atoms with E-state index in [0.717, 1.165) is 82.1 Å². The topological polar surface area (TPSA) is 39.8 Å². The van der Waals surface area contributed by atoms with E-state index in [1.807, 2.05) is 102 Å². The number of ether oxygens (including phenoxy) is 1. The standard InChI is InChI=1S/C70H47N5O.Pt/c1-70(2,3)47-39-40-71-66(41-47)74-60-31-13-10-23-52(60)55-37-35-49(43-65(55)74)76-48-36-38-56-58-29-17-28-57-53-24-11-14-32-61(53)75(68(57)58)62-33-15-12-25-54(62)59-30-18-34-63-69(59)73(64(56)42-48)44-72(63)67-50(45-19-6-4-7-20-45)26-16-27-51(67)46-21-8-5-9-22-46;/h4-41H,1-3H3;/q-2;/i4D,5D,6D,7D,8D,9D,19D,20D,21D,22D;. The number of hydrogen-bond donors (Lipinski definition) is 0. The molecule has 5 aromatic heterocycles. The summed E-state index contributed by atoms with van der Waals surface area (Å²) in [5.74, 6) is 1.49. The van der Waals surface area contributed by atoms with Gasteiger partial charge in [-0.1, -0.05) is 201 Å². The number of rotatable bonds is 6. The van der Waals surface area contributed by atoms with Crippen molar-refractivity contribution in [3.8, 4) is 45.3 Å². The van der Waals surface area contributed by atoms with Crippen LogP contribution in [-0.2, 0) is 26.5 Å². The number of fused-ring (bicyclic) bond motifs is 12. The molecule has 0 fully saturated rings. The van der Waals surface area contributed by atoms with E-state index >= 15 is 0 Å². The molecular weight excluding hydrogens is 1120 g/mol. The van der Waals surface area contributed by atoms with Crippen molar-refractivity contribution in [2.24, 2.45) is 0 Å². The Morgan fingerprint density at radius 2 is 1.01 bits per heavy atom. The normalized spacial score (nSPS) is 13.8. The second-order valence-electron chi connectivity index (χ2n) is 20.0. The molecule has 0 saturated heterocycles. The molecule has 0 unspecified atom stereocenters. The Morgan fingerprint density at radius 1 is 0.506 bits per heavy atom. The Bertz CT molecular complexity index is 5390. The summed E-state index contributed by atoms with van der Waals surface area (Å²) < 4.78 is 105. The van der Waals surface area contributed by atoms with E-state index in [9.17, 15) is 5.48 Å². The fourth-order valence-corrected chi connectivity index (χ4v) is 11.3. The molecule has 0 aliphatic rings. The zero-order valence-electron chi connectivity index (χ0n) is 51.6.